The maximum Gasteiger partial charge on any atom is 0.573 e. The van der Waals surface area contributed by atoms with E-state index in [1.807, 2.05) is 0 Å². The van der Waals surface area contributed by atoms with Crippen molar-refractivity contribution >= 4 is 23.4 Å². The zero-order valence-corrected chi connectivity index (χ0v) is 20.3. The van der Waals surface area contributed by atoms with Crippen LogP contribution in [0.25, 0.3) is 0 Å². The zero-order valence-electron chi connectivity index (χ0n) is 19.5. The fourth-order valence-corrected chi connectivity index (χ4v) is 5.16. The topological polar surface area (TPSA) is 96.9 Å². The highest BCUT2D eigenvalue weighted by Gasteiger charge is 2.58. The number of carbonyl (C=O) groups excluding carboxylic acids is 2. The van der Waals surface area contributed by atoms with Crippen LogP contribution in [0.3, 0.4) is 0 Å². The van der Waals surface area contributed by atoms with Gasteiger partial charge in [-0.2, -0.15) is 0 Å². The number of nitrogens with one attached hydrogen (secondary N) is 2. The highest BCUT2D eigenvalue weighted by Crippen LogP contribution is 2.52. The maximum absolute atomic E-state index is 13.5. The van der Waals surface area contributed by atoms with Gasteiger partial charge in [0.1, 0.15) is 17.3 Å². The molecule has 0 aromatic heterocycles. The predicted octanol–water partition coefficient (Wildman–Crippen LogP) is 4.25. The summed E-state index contributed by atoms with van der Waals surface area (Å²) in [7, 11) is 0. The maximum atomic E-state index is 13.5. The average molecular weight is 545 g/mol. The van der Waals surface area contributed by atoms with Crippen LogP contribution in [-0.4, -0.2) is 41.5 Å². The fourth-order valence-electron chi connectivity index (χ4n) is 5.05. The van der Waals surface area contributed by atoms with Crippen LogP contribution in [0.15, 0.2) is 42.5 Å². The first-order valence-electron chi connectivity index (χ1n) is 11.6. The minimum absolute atomic E-state index is 0.0601. The molecule has 3 aliphatic carbocycles. The molecule has 0 radical (unpaired) electrons. The predicted molar refractivity (Wildman–Crippen MR) is 124 cm³/mol. The van der Waals surface area contributed by atoms with Gasteiger partial charge in [0.25, 0.3) is 5.91 Å². The Morgan fingerprint density at radius 1 is 1.05 bits per heavy atom. The molecular formula is C25H25ClF4N2O5. The summed E-state index contributed by atoms with van der Waals surface area (Å²) in [5, 5.41) is 16.5. The SMILES string of the molecule is O=C(COc1ccc(Cl)c(F)c1)NC12CCC(C(=O)NCc3ccc(OC(F)(F)F)cc3)(CC1)[C@@H](O)C2. The van der Waals surface area contributed by atoms with Crippen molar-refractivity contribution < 1.29 is 41.7 Å². The van der Waals surface area contributed by atoms with E-state index in [-0.39, 0.29) is 42.0 Å². The van der Waals surface area contributed by atoms with Crippen molar-refractivity contribution in [1.82, 2.24) is 10.6 Å². The number of fused-ring (bicyclic) bond motifs is 3. The number of alkyl halides is 3. The van der Waals surface area contributed by atoms with Crippen molar-refractivity contribution in [2.45, 2.75) is 56.7 Å². The number of amides is 2. The minimum Gasteiger partial charge on any atom is -0.484 e. The van der Waals surface area contributed by atoms with Crippen LogP contribution in [0.2, 0.25) is 5.02 Å². The second kappa shape index (κ2) is 10.4. The third-order valence-corrected chi connectivity index (χ3v) is 7.36. The summed E-state index contributed by atoms with van der Waals surface area (Å²) in [6, 6.07) is 9.00. The first-order valence-corrected chi connectivity index (χ1v) is 12.0. The van der Waals surface area contributed by atoms with Gasteiger partial charge in [-0.1, -0.05) is 23.7 Å². The Kier molecular flexibility index (Phi) is 7.57. The molecule has 7 nitrogen and oxygen atoms in total. The van der Waals surface area contributed by atoms with Gasteiger partial charge >= 0.3 is 6.36 Å². The number of aliphatic hydroxyl groups is 1. The molecule has 3 N–H and O–H groups in total. The molecule has 2 aromatic rings. The Bertz CT molecular complexity index is 1150. The average Bonchev–Trinajstić information content (AvgIpc) is 2.83. The largest absolute Gasteiger partial charge is 0.573 e. The molecule has 0 heterocycles. The van der Waals surface area contributed by atoms with E-state index in [2.05, 4.69) is 15.4 Å². The van der Waals surface area contributed by atoms with Crippen LogP contribution in [0.1, 0.15) is 37.7 Å². The van der Waals surface area contributed by atoms with Gasteiger partial charge in [0, 0.05) is 18.2 Å². The van der Waals surface area contributed by atoms with E-state index < -0.39 is 35.1 Å². The Hall–Kier alpha value is -3.05. The lowest BCUT2D eigenvalue weighted by Crippen LogP contribution is -2.65. The molecule has 1 atom stereocenters. The van der Waals surface area contributed by atoms with E-state index in [9.17, 15) is 32.3 Å². The molecule has 2 aromatic carbocycles. The van der Waals surface area contributed by atoms with Crippen molar-refractivity contribution in [2.24, 2.45) is 5.41 Å². The molecule has 2 amide bonds. The third kappa shape index (κ3) is 6.27. The van der Waals surface area contributed by atoms with Gasteiger partial charge in [-0.25, -0.2) is 4.39 Å². The van der Waals surface area contributed by atoms with Crippen molar-refractivity contribution in [3.05, 3.63) is 58.9 Å². The van der Waals surface area contributed by atoms with E-state index >= 15 is 0 Å². The van der Waals surface area contributed by atoms with Crippen molar-refractivity contribution in [2.75, 3.05) is 6.61 Å². The number of hydrogen-bond donors (Lipinski definition) is 3. The van der Waals surface area contributed by atoms with Gasteiger partial charge in [0.05, 0.1) is 16.5 Å². The minimum atomic E-state index is -4.79. The molecule has 37 heavy (non-hydrogen) atoms. The number of benzene rings is 2. The molecule has 2 bridgehead atoms. The molecule has 200 valence electrons. The third-order valence-electron chi connectivity index (χ3n) is 7.05. The number of carbonyl (C=O) groups is 2. The Balaban J connectivity index is 1.29. The van der Waals surface area contributed by atoms with Gasteiger partial charge in [-0.3, -0.25) is 9.59 Å². The first-order chi connectivity index (χ1) is 17.4. The standard InChI is InChI=1S/C25H25ClF4N2O5/c26-18-6-5-17(11-19(18)27)36-14-21(34)32-23-7-9-24(10-8-23,20(33)12-23)22(35)31-13-15-1-3-16(4-2-15)37-25(28,29)30/h1-6,11,20,33H,7-10,12-14H2,(H,31,35)(H,32,34)/t20-,23?,24?/m0/s1. The second-order valence-corrected chi connectivity index (χ2v) is 9.85. The van der Waals surface area contributed by atoms with Gasteiger partial charge < -0.3 is 25.2 Å². The highest BCUT2D eigenvalue weighted by molar-refractivity contribution is 6.30. The summed E-state index contributed by atoms with van der Waals surface area (Å²) in [5.41, 5.74) is -1.12. The van der Waals surface area contributed by atoms with E-state index in [4.69, 9.17) is 16.3 Å². The molecule has 3 saturated carbocycles. The molecule has 0 aliphatic heterocycles. The van der Waals surface area contributed by atoms with Gasteiger partial charge in [-0.15, -0.1) is 13.2 Å². The molecule has 3 aliphatic rings. The van der Waals surface area contributed by atoms with Crippen molar-refractivity contribution in [3.63, 3.8) is 0 Å². The normalized spacial score (nSPS) is 24.9. The van der Waals surface area contributed by atoms with Crippen LogP contribution in [-0.2, 0) is 16.1 Å². The highest BCUT2D eigenvalue weighted by atomic mass is 35.5. The number of rotatable bonds is 8. The van der Waals surface area contributed by atoms with Gasteiger partial charge in [-0.05, 0) is 61.9 Å². The van der Waals surface area contributed by atoms with Gasteiger partial charge in [0.2, 0.25) is 5.91 Å². The molecule has 0 saturated heterocycles. The van der Waals surface area contributed by atoms with Crippen LogP contribution in [0.4, 0.5) is 17.6 Å². The summed E-state index contributed by atoms with van der Waals surface area (Å²) in [5.74, 6) is -1.65. The van der Waals surface area contributed by atoms with E-state index in [0.717, 1.165) is 18.2 Å². The van der Waals surface area contributed by atoms with Crippen LogP contribution >= 0.6 is 11.6 Å². The Labute approximate surface area is 215 Å². The lowest BCUT2D eigenvalue weighted by molar-refractivity contribution is -0.274. The summed E-state index contributed by atoms with van der Waals surface area (Å²) in [6.07, 6.45) is -3.95. The Morgan fingerprint density at radius 3 is 2.30 bits per heavy atom. The van der Waals surface area contributed by atoms with Crippen LogP contribution in [0, 0.1) is 11.2 Å². The number of ether oxygens (including phenoxy) is 2. The molecule has 3 fully saturated rings. The molecule has 0 unspecified atom stereocenters. The van der Waals surface area contributed by atoms with E-state index in [0.29, 0.717) is 31.2 Å². The lowest BCUT2D eigenvalue weighted by Gasteiger charge is -2.55. The molecule has 12 heteroatoms. The summed E-state index contributed by atoms with van der Waals surface area (Å²) in [4.78, 5) is 25.6. The molecular weight excluding hydrogens is 520 g/mol. The Morgan fingerprint density at radius 2 is 1.70 bits per heavy atom. The number of aliphatic hydroxyl groups excluding tert-OH is 1. The fraction of sp³-hybridized carbons (Fsp3) is 0.440. The van der Waals surface area contributed by atoms with Gasteiger partial charge in [0.15, 0.2) is 6.61 Å². The smallest absolute Gasteiger partial charge is 0.484 e. The van der Waals surface area contributed by atoms with E-state index in [1.54, 1.807) is 0 Å². The lowest BCUT2D eigenvalue weighted by atomic mass is 9.55. The van der Waals surface area contributed by atoms with Crippen molar-refractivity contribution in [1.29, 1.82) is 0 Å². The number of hydrogen-bond acceptors (Lipinski definition) is 5. The first kappa shape index (κ1) is 27.0. The monoisotopic (exact) mass is 544 g/mol. The van der Waals surface area contributed by atoms with Crippen molar-refractivity contribution in [3.8, 4) is 11.5 Å². The van der Waals surface area contributed by atoms with Crippen LogP contribution < -0.4 is 20.1 Å². The molecule has 0 spiro atoms. The summed E-state index contributed by atoms with van der Waals surface area (Å²) in [6.45, 7) is -0.276. The zero-order chi connectivity index (χ0) is 26.8. The second-order valence-electron chi connectivity index (χ2n) is 9.44. The summed E-state index contributed by atoms with van der Waals surface area (Å²) >= 11 is 5.64. The van der Waals surface area contributed by atoms with Crippen LogP contribution in [0.5, 0.6) is 11.5 Å². The summed E-state index contributed by atoms with van der Waals surface area (Å²) < 4.78 is 59.6. The quantitative estimate of drug-likeness (QED) is 0.432. The number of halogens is 5. The molecule has 5 rings (SSSR count). The van der Waals surface area contributed by atoms with E-state index in [1.165, 1.54) is 24.3 Å².